The Hall–Kier alpha value is -0.730. The van der Waals surface area contributed by atoms with Crippen LogP contribution >= 0.6 is 0 Å². The van der Waals surface area contributed by atoms with Crippen molar-refractivity contribution in [2.24, 2.45) is 0 Å². The van der Waals surface area contributed by atoms with Crippen molar-refractivity contribution in [1.82, 2.24) is 0 Å². The molecule has 0 radical (unpaired) electrons. The Morgan fingerprint density at radius 3 is 2.00 bits per heavy atom. The van der Waals surface area contributed by atoms with Crippen LogP contribution in [0.15, 0.2) is 0 Å². The first-order valence-corrected chi connectivity index (χ1v) is 7.93. The SMILES string of the molecule is CCCCCCCCC(=O)O[C@@H]([C@H](O)[C@@H](O)CO)[C@H](O)CO. The topological polar surface area (TPSA) is 127 Å². The maximum Gasteiger partial charge on any atom is 0.306 e. The number of ether oxygens (including phenoxy) is 1. The van der Waals surface area contributed by atoms with Crippen molar-refractivity contribution < 1.29 is 35.1 Å². The number of esters is 1. The van der Waals surface area contributed by atoms with Gasteiger partial charge in [-0.2, -0.15) is 0 Å². The summed E-state index contributed by atoms with van der Waals surface area (Å²) in [6.45, 7) is 0.644. The van der Waals surface area contributed by atoms with Crippen LogP contribution in [0.4, 0.5) is 0 Å². The second kappa shape index (κ2) is 12.8. The Labute approximate surface area is 131 Å². The molecule has 132 valence electrons. The van der Waals surface area contributed by atoms with Crippen LogP contribution in [0.5, 0.6) is 0 Å². The van der Waals surface area contributed by atoms with Crippen LogP contribution < -0.4 is 0 Å². The van der Waals surface area contributed by atoms with Crippen LogP contribution in [-0.4, -0.2) is 69.1 Å². The standard InChI is InChI=1S/C15H30O7/c1-2-3-4-5-6-7-8-13(20)22-15(12(19)10-17)14(21)11(18)9-16/h11-12,14-19,21H,2-10H2,1H3/t11-,12+,14+,15+/m0/s1. The zero-order valence-electron chi connectivity index (χ0n) is 13.2. The fraction of sp³-hybridized carbons (Fsp3) is 0.933. The van der Waals surface area contributed by atoms with Gasteiger partial charge in [-0.25, -0.2) is 0 Å². The lowest BCUT2D eigenvalue weighted by atomic mass is 10.0. The number of hydrogen-bond donors (Lipinski definition) is 5. The quantitative estimate of drug-likeness (QED) is 0.233. The third-order valence-electron chi connectivity index (χ3n) is 3.49. The van der Waals surface area contributed by atoms with Crippen LogP contribution in [0.3, 0.4) is 0 Å². The molecule has 0 unspecified atom stereocenters. The van der Waals surface area contributed by atoms with E-state index in [1.807, 2.05) is 0 Å². The highest BCUT2D eigenvalue weighted by atomic mass is 16.6. The highest BCUT2D eigenvalue weighted by molar-refractivity contribution is 5.69. The zero-order chi connectivity index (χ0) is 17.0. The number of aliphatic hydroxyl groups excluding tert-OH is 5. The third-order valence-corrected chi connectivity index (χ3v) is 3.49. The summed E-state index contributed by atoms with van der Waals surface area (Å²) >= 11 is 0. The molecule has 0 aliphatic carbocycles. The minimum absolute atomic E-state index is 0.142. The van der Waals surface area contributed by atoms with Crippen molar-refractivity contribution >= 4 is 5.97 Å². The molecule has 0 aromatic rings. The molecule has 0 saturated heterocycles. The van der Waals surface area contributed by atoms with Crippen molar-refractivity contribution in [3.63, 3.8) is 0 Å². The normalized spacial score (nSPS) is 16.8. The second-order valence-corrected chi connectivity index (χ2v) is 5.46. The van der Waals surface area contributed by atoms with E-state index in [9.17, 15) is 20.1 Å². The predicted octanol–water partition coefficient (Wildman–Crippen LogP) is -0.284. The van der Waals surface area contributed by atoms with Gasteiger partial charge < -0.3 is 30.3 Å². The van der Waals surface area contributed by atoms with Gasteiger partial charge in [-0.05, 0) is 6.42 Å². The minimum atomic E-state index is -1.67. The lowest BCUT2D eigenvalue weighted by Gasteiger charge is -2.28. The van der Waals surface area contributed by atoms with Gasteiger partial charge in [-0.1, -0.05) is 39.0 Å². The van der Waals surface area contributed by atoms with E-state index in [4.69, 9.17) is 14.9 Å². The molecule has 0 aromatic heterocycles. The van der Waals surface area contributed by atoms with E-state index < -0.39 is 43.6 Å². The molecule has 0 saturated carbocycles. The van der Waals surface area contributed by atoms with Gasteiger partial charge in [0, 0.05) is 6.42 Å². The van der Waals surface area contributed by atoms with Crippen molar-refractivity contribution in [1.29, 1.82) is 0 Å². The molecule has 0 aromatic carbocycles. The number of carbonyl (C=O) groups excluding carboxylic acids is 1. The van der Waals surface area contributed by atoms with E-state index in [2.05, 4.69) is 6.92 Å². The highest BCUT2D eigenvalue weighted by Gasteiger charge is 2.34. The van der Waals surface area contributed by atoms with E-state index in [0.717, 1.165) is 25.7 Å². The number of rotatable bonds is 13. The average molecular weight is 322 g/mol. The van der Waals surface area contributed by atoms with Crippen LogP contribution in [0.1, 0.15) is 51.9 Å². The smallest absolute Gasteiger partial charge is 0.306 e. The van der Waals surface area contributed by atoms with Gasteiger partial charge in [0.2, 0.25) is 0 Å². The van der Waals surface area contributed by atoms with Gasteiger partial charge in [0.1, 0.15) is 18.3 Å². The first-order chi connectivity index (χ1) is 10.5. The van der Waals surface area contributed by atoms with Crippen molar-refractivity contribution in [2.45, 2.75) is 76.3 Å². The fourth-order valence-corrected chi connectivity index (χ4v) is 2.07. The molecular weight excluding hydrogens is 292 g/mol. The molecule has 22 heavy (non-hydrogen) atoms. The summed E-state index contributed by atoms with van der Waals surface area (Å²) < 4.78 is 4.95. The largest absolute Gasteiger partial charge is 0.457 e. The number of carbonyl (C=O) groups is 1. The van der Waals surface area contributed by atoms with Crippen molar-refractivity contribution in [3.05, 3.63) is 0 Å². The molecular formula is C15H30O7. The number of hydrogen-bond acceptors (Lipinski definition) is 7. The molecule has 0 spiro atoms. The number of unbranched alkanes of at least 4 members (excludes halogenated alkanes) is 5. The monoisotopic (exact) mass is 322 g/mol. The summed E-state index contributed by atoms with van der Waals surface area (Å²) in [5.41, 5.74) is 0. The Balaban J connectivity index is 4.22. The van der Waals surface area contributed by atoms with Crippen LogP contribution in [-0.2, 0) is 9.53 Å². The van der Waals surface area contributed by atoms with Gasteiger partial charge in [0.15, 0.2) is 6.10 Å². The van der Waals surface area contributed by atoms with E-state index in [-0.39, 0.29) is 6.42 Å². The lowest BCUT2D eigenvalue weighted by molar-refractivity contribution is -0.177. The Kier molecular flexibility index (Phi) is 12.4. The molecule has 7 heteroatoms. The summed E-state index contributed by atoms with van der Waals surface area (Å²) in [6.07, 6.45) is -0.0724. The highest BCUT2D eigenvalue weighted by Crippen LogP contribution is 2.13. The fourth-order valence-electron chi connectivity index (χ4n) is 2.07. The molecule has 7 nitrogen and oxygen atoms in total. The summed E-state index contributed by atoms with van der Waals surface area (Å²) in [6, 6.07) is 0. The van der Waals surface area contributed by atoms with E-state index in [0.29, 0.717) is 6.42 Å². The molecule has 4 atom stereocenters. The Morgan fingerprint density at radius 2 is 1.45 bits per heavy atom. The molecule has 0 heterocycles. The molecule has 0 bridgehead atoms. The predicted molar refractivity (Wildman–Crippen MR) is 80.1 cm³/mol. The molecule has 0 amide bonds. The average Bonchev–Trinajstić information content (AvgIpc) is 2.53. The summed E-state index contributed by atoms with van der Waals surface area (Å²) in [7, 11) is 0. The van der Waals surface area contributed by atoms with Gasteiger partial charge in [-0.3, -0.25) is 4.79 Å². The minimum Gasteiger partial charge on any atom is -0.457 e. The maximum absolute atomic E-state index is 11.7. The van der Waals surface area contributed by atoms with Crippen LogP contribution in [0.2, 0.25) is 0 Å². The summed E-state index contributed by atoms with van der Waals surface area (Å²) in [5.74, 6) is -0.614. The number of aliphatic hydroxyl groups is 5. The molecule has 0 rings (SSSR count). The van der Waals surface area contributed by atoms with E-state index >= 15 is 0 Å². The summed E-state index contributed by atoms with van der Waals surface area (Å²) in [4.78, 5) is 11.7. The Bertz CT molecular complexity index is 285. The zero-order valence-corrected chi connectivity index (χ0v) is 13.2. The van der Waals surface area contributed by atoms with E-state index in [1.54, 1.807) is 0 Å². The second-order valence-electron chi connectivity index (χ2n) is 5.46. The van der Waals surface area contributed by atoms with Gasteiger partial charge >= 0.3 is 5.97 Å². The molecule has 0 aliphatic heterocycles. The molecule has 5 N–H and O–H groups in total. The van der Waals surface area contributed by atoms with E-state index in [1.165, 1.54) is 6.42 Å². The van der Waals surface area contributed by atoms with Gasteiger partial charge in [0.25, 0.3) is 0 Å². The van der Waals surface area contributed by atoms with Gasteiger partial charge in [-0.15, -0.1) is 0 Å². The summed E-state index contributed by atoms with van der Waals surface area (Å²) in [5, 5.41) is 46.4. The first kappa shape index (κ1) is 21.3. The third kappa shape index (κ3) is 8.65. The molecule has 0 aliphatic rings. The lowest BCUT2D eigenvalue weighted by Crippen LogP contribution is -2.49. The van der Waals surface area contributed by atoms with Crippen LogP contribution in [0, 0.1) is 0 Å². The molecule has 0 fully saturated rings. The maximum atomic E-state index is 11.7. The van der Waals surface area contributed by atoms with Gasteiger partial charge in [0.05, 0.1) is 13.2 Å². The van der Waals surface area contributed by atoms with Crippen molar-refractivity contribution in [2.75, 3.05) is 13.2 Å². The van der Waals surface area contributed by atoms with Crippen molar-refractivity contribution in [3.8, 4) is 0 Å². The van der Waals surface area contributed by atoms with Crippen LogP contribution in [0.25, 0.3) is 0 Å². The first-order valence-electron chi connectivity index (χ1n) is 7.93. The Morgan fingerprint density at radius 1 is 0.909 bits per heavy atom.